The molecule has 0 aliphatic rings. The number of carbonyl (C=O) groups is 1. The molecule has 0 spiro atoms. The van der Waals surface area contributed by atoms with Crippen LogP contribution in [-0.4, -0.2) is 22.0 Å². The van der Waals surface area contributed by atoms with Crippen LogP contribution in [0.5, 0.6) is 0 Å². The number of aromatic nitrogens is 2. The van der Waals surface area contributed by atoms with Crippen LogP contribution in [0.1, 0.15) is 16.1 Å². The minimum Gasteiger partial charge on any atom is -0.330 e. The average Bonchev–Trinajstić information content (AvgIpc) is 2.78. The van der Waals surface area contributed by atoms with E-state index < -0.39 is 0 Å². The smallest absolute Gasteiger partial charge is 0.236 e. The highest BCUT2D eigenvalue weighted by Gasteiger charge is 2.08. The van der Waals surface area contributed by atoms with Gasteiger partial charge in [-0.15, -0.1) is 0 Å². The lowest BCUT2D eigenvalue weighted by atomic mass is 10.1. The highest BCUT2D eigenvalue weighted by Crippen LogP contribution is 2.12. The Balaban J connectivity index is 2.07. The molecule has 5 heteroatoms. The summed E-state index contributed by atoms with van der Waals surface area (Å²) in [6, 6.07) is 7.28. The van der Waals surface area contributed by atoms with Gasteiger partial charge in [0.2, 0.25) is 5.91 Å². The minimum atomic E-state index is -0.0342. The third-order valence-corrected chi connectivity index (χ3v) is 2.80. The standard InChI is InChI=1S/C13H14ClN3O/c14-11-3-1-2-10(6-11)7-13(18)17-8-12(4-5-15)16-9-17/h1-3,6,8-9H,4-5,7,15H2. The fourth-order valence-electron chi connectivity index (χ4n) is 1.69. The zero-order chi connectivity index (χ0) is 13.0. The van der Waals surface area contributed by atoms with Gasteiger partial charge in [0.1, 0.15) is 6.33 Å². The molecule has 0 radical (unpaired) electrons. The van der Waals surface area contributed by atoms with Crippen molar-refractivity contribution in [2.75, 3.05) is 6.54 Å². The summed E-state index contributed by atoms with van der Waals surface area (Å²) in [5, 5.41) is 0.634. The van der Waals surface area contributed by atoms with Crippen LogP contribution >= 0.6 is 11.6 Å². The summed E-state index contributed by atoms with van der Waals surface area (Å²) in [7, 11) is 0. The molecule has 0 aliphatic heterocycles. The van der Waals surface area contributed by atoms with Crippen LogP contribution in [-0.2, 0) is 12.8 Å². The van der Waals surface area contributed by atoms with Crippen molar-refractivity contribution in [3.8, 4) is 0 Å². The van der Waals surface area contributed by atoms with Crippen LogP contribution in [0, 0.1) is 0 Å². The van der Waals surface area contributed by atoms with E-state index in [1.807, 2.05) is 12.1 Å². The van der Waals surface area contributed by atoms with E-state index in [9.17, 15) is 4.79 Å². The number of nitrogens with zero attached hydrogens (tertiary/aromatic N) is 2. The first-order valence-corrected chi connectivity index (χ1v) is 6.07. The molecule has 0 aliphatic carbocycles. The van der Waals surface area contributed by atoms with Crippen LogP contribution in [0.2, 0.25) is 5.02 Å². The van der Waals surface area contributed by atoms with Gasteiger partial charge in [-0.3, -0.25) is 9.36 Å². The number of benzene rings is 1. The second-order valence-corrected chi connectivity index (χ2v) is 4.45. The van der Waals surface area contributed by atoms with Gasteiger partial charge in [0, 0.05) is 17.6 Å². The third kappa shape index (κ3) is 3.18. The molecule has 0 saturated carbocycles. The summed E-state index contributed by atoms with van der Waals surface area (Å²) in [5.74, 6) is -0.0342. The number of halogens is 1. The van der Waals surface area contributed by atoms with Gasteiger partial charge < -0.3 is 5.73 Å². The van der Waals surface area contributed by atoms with Gasteiger partial charge in [-0.05, 0) is 24.2 Å². The summed E-state index contributed by atoms with van der Waals surface area (Å²) in [4.78, 5) is 16.1. The van der Waals surface area contributed by atoms with Gasteiger partial charge >= 0.3 is 0 Å². The summed E-state index contributed by atoms with van der Waals surface area (Å²) in [5.41, 5.74) is 7.16. The Kier molecular flexibility index (Phi) is 4.12. The number of rotatable bonds is 4. The summed E-state index contributed by atoms with van der Waals surface area (Å²) >= 11 is 5.88. The zero-order valence-electron chi connectivity index (χ0n) is 9.84. The molecule has 2 rings (SSSR count). The lowest BCUT2D eigenvalue weighted by Crippen LogP contribution is -2.11. The van der Waals surface area contributed by atoms with Crippen LogP contribution in [0.25, 0.3) is 0 Å². The van der Waals surface area contributed by atoms with E-state index in [1.54, 1.807) is 18.3 Å². The predicted molar refractivity (Wildman–Crippen MR) is 70.8 cm³/mol. The Morgan fingerprint density at radius 3 is 3.00 bits per heavy atom. The van der Waals surface area contributed by atoms with E-state index in [1.165, 1.54) is 10.9 Å². The van der Waals surface area contributed by atoms with Crippen molar-refractivity contribution in [3.05, 3.63) is 53.1 Å². The fourth-order valence-corrected chi connectivity index (χ4v) is 1.90. The lowest BCUT2D eigenvalue weighted by molar-refractivity contribution is 0.0914. The second kappa shape index (κ2) is 5.80. The minimum absolute atomic E-state index is 0.0342. The first kappa shape index (κ1) is 12.8. The number of imidazole rings is 1. The molecule has 0 bridgehead atoms. The molecule has 94 valence electrons. The van der Waals surface area contributed by atoms with Crippen LogP contribution in [0.15, 0.2) is 36.8 Å². The van der Waals surface area contributed by atoms with E-state index in [0.29, 0.717) is 24.4 Å². The number of hydrogen-bond acceptors (Lipinski definition) is 3. The normalized spacial score (nSPS) is 10.6. The van der Waals surface area contributed by atoms with Crippen molar-refractivity contribution in [3.63, 3.8) is 0 Å². The number of carbonyl (C=O) groups excluding carboxylic acids is 1. The topological polar surface area (TPSA) is 60.9 Å². The maximum atomic E-state index is 12.0. The quantitative estimate of drug-likeness (QED) is 0.917. The number of nitrogens with two attached hydrogens (primary N) is 1. The molecular weight excluding hydrogens is 250 g/mol. The zero-order valence-corrected chi connectivity index (χ0v) is 10.6. The third-order valence-electron chi connectivity index (χ3n) is 2.57. The van der Waals surface area contributed by atoms with Crippen molar-refractivity contribution in [1.29, 1.82) is 0 Å². The highest BCUT2D eigenvalue weighted by atomic mass is 35.5. The van der Waals surface area contributed by atoms with E-state index in [0.717, 1.165) is 11.3 Å². The Labute approximate surface area is 110 Å². The predicted octanol–water partition coefficient (Wildman–Crippen LogP) is 1.92. The average molecular weight is 264 g/mol. The van der Waals surface area contributed by atoms with E-state index in [4.69, 9.17) is 17.3 Å². The summed E-state index contributed by atoms with van der Waals surface area (Å²) in [6.07, 6.45) is 4.23. The van der Waals surface area contributed by atoms with Crippen molar-refractivity contribution in [2.24, 2.45) is 5.73 Å². The molecule has 0 atom stereocenters. The van der Waals surface area contributed by atoms with Gasteiger partial charge in [0.25, 0.3) is 0 Å². The molecule has 0 unspecified atom stereocenters. The SMILES string of the molecule is NCCc1cn(C(=O)Cc2cccc(Cl)c2)cn1. The molecule has 1 aromatic carbocycles. The molecule has 2 N–H and O–H groups in total. The Morgan fingerprint density at radius 1 is 1.44 bits per heavy atom. The van der Waals surface area contributed by atoms with Gasteiger partial charge in [-0.25, -0.2) is 4.98 Å². The molecule has 1 aromatic heterocycles. The maximum Gasteiger partial charge on any atom is 0.236 e. The van der Waals surface area contributed by atoms with Gasteiger partial charge in [0.05, 0.1) is 12.1 Å². The molecule has 1 heterocycles. The lowest BCUT2D eigenvalue weighted by Gasteiger charge is -2.02. The van der Waals surface area contributed by atoms with Crippen molar-refractivity contribution >= 4 is 17.5 Å². The van der Waals surface area contributed by atoms with E-state index in [-0.39, 0.29) is 5.91 Å². The van der Waals surface area contributed by atoms with Crippen LogP contribution in [0.3, 0.4) is 0 Å². The first-order valence-electron chi connectivity index (χ1n) is 5.69. The molecule has 2 aromatic rings. The van der Waals surface area contributed by atoms with Gasteiger partial charge in [-0.1, -0.05) is 23.7 Å². The molecule has 0 fully saturated rings. The Hall–Kier alpha value is -1.65. The van der Waals surface area contributed by atoms with Crippen LogP contribution in [0.4, 0.5) is 0 Å². The molecule has 4 nitrogen and oxygen atoms in total. The van der Waals surface area contributed by atoms with E-state index in [2.05, 4.69) is 4.98 Å². The first-order chi connectivity index (χ1) is 8.69. The molecule has 0 saturated heterocycles. The van der Waals surface area contributed by atoms with Gasteiger partial charge in [0.15, 0.2) is 0 Å². The van der Waals surface area contributed by atoms with Crippen molar-refractivity contribution in [2.45, 2.75) is 12.8 Å². The highest BCUT2D eigenvalue weighted by molar-refractivity contribution is 6.30. The molecule has 18 heavy (non-hydrogen) atoms. The second-order valence-electron chi connectivity index (χ2n) is 4.01. The largest absolute Gasteiger partial charge is 0.330 e. The van der Waals surface area contributed by atoms with Gasteiger partial charge in [-0.2, -0.15) is 0 Å². The Bertz CT molecular complexity index is 551. The Morgan fingerprint density at radius 2 is 2.28 bits per heavy atom. The fraction of sp³-hybridized carbons (Fsp3) is 0.231. The van der Waals surface area contributed by atoms with E-state index >= 15 is 0 Å². The molecule has 0 amide bonds. The maximum absolute atomic E-state index is 12.0. The number of hydrogen-bond donors (Lipinski definition) is 1. The molecular formula is C13H14ClN3O. The summed E-state index contributed by atoms with van der Waals surface area (Å²) in [6.45, 7) is 0.527. The van der Waals surface area contributed by atoms with Crippen LogP contribution < -0.4 is 5.73 Å². The monoisotopic (exact) mass is 263 g/mol. The van der Waals surface area contributed by atoms with Crippen molar-refractivity contribution in [1.82, 2.24) is 9.55 Å². The van der Waals surface area contributed by atoms with Crippen molar-refractivity contribution < 1.29 is 4.79 Å². The summed E-state index contributed by atoms with van der Waals surface area (Å²) < 4.78 is 1.49.